The molecule has 154 valence electrons. The summed E-state index contributed by atoms with van der Waals surface area (Å²) in [6, 6.07) is 9.91. The van der Waals surface area contributed by atoms with Crippen molar-refractivity contribution in [1.29, 1.82) is 0 Å². The van der Waals surface area contributed by atoms with Crippen molar-refractivity contribution in [2.24, 2.45) is 0 Å². The summed E-state index contributed by atoms with van der Waals surface area (Å²) in [6.07, 6.45) is 5.16. The molecule has 3 heterocycles. The summed E-state index contributed by atoms with van der Waals surface area (Å²) in [5, 5.41) is 16.5. The predicted octanol–water partition coefficient (Wildman–Crippen LogP) is 3.66. The van der Waals surface area contributed by atoms with Gasteiger partial charge in [0.15, 0.2) is 5.69 Å². The molecule has 30 heavy (non-hydrogen) atoms. The van der Waals surface area contributed by atoms with Crippen molar-refractivity contribution in [3.8, 4) is 0 Å². The minimum Gasteiger partial charge on any atom is -0.318 e. The average Bonchev–Trinajstić information content (AvgIpc) is 3.40. The summed E-state index contributed by atoms with van der Waals surface area (Å²) in [6.45, 7) is 6.82. The van der Waals surface area contributed by atoms with Crippen LogP contribution in [-0.4, -0.2) is 35.2 Å². The van der Waals surface area contributed by atoms with Crippen LogP contribution in [0.25, 0.3) is 0 Å². The number of hydrogen-bond acceptors (Lipinski definition) is 4. The zero-order chi connectivity index (χ0) is 21.3. The molecule has 0 saturated heterocycles. The van der Waals surface area contributed by atoms with Gasteiger partial charge in [-0.2, -0.15) is 15.3 Å². The summed E-state index contributed by atoms with van der Waals surface area (Å²) in [7, 11) is 0. The van der Waals surface area contributed by atoms with Gasteiger partial charge in [0.2, 0.25) is 0 Å². The largest absolute Gasteiger partial charge is 0.318 e. The van der Waals surface area contributed by atoms with Gasteiger partial charge in [-0.3, -0.25) is 14.2 Å². The van der Waals surface area contributed by atoms with E-state index in [4.69, 9.17) is 11.6 Å². The second-order valence-electron chi connectivity index (χ2n) is 7.24. The highest BCUT2D eigenvalue weighted by Crippen LogP contribution is 2.19. The minimum absolute atomic E-state index is 0.296. The van der Waals surface area contributed by atoms with Crippen molar-refractivity contribution >= 4 is 23.2 Å². The Morgan fingerprint density at radius 1 is 1.13 bits per heavy atom. The highest BCUT2D eigenvalue weighted by Gasteiger charge is 2.13. The molecule has 1 aromatic carbocycles. The Balaban J connectivity index is 1.40. The van der Waals surface area contributed by atoms with Gasteiger partial charge in [0, 0.05) is 12.4 Å². The summed E-state index contributed by atoms with van der Waals surface area (Å²) in [4.78, 5) is 12.5. The molecule has 4 rings (SSSR count). The first-order valence-electron chi connectivity index (χ1n) is 9.51. The molecule has 0 aliphatic heterocycles. The van der Waals surface area contributed by atoms with Crippen LogP contribution in [-0.2, 0) is 13.2 Å². The maximum atomic E-state index is 12.5. The Morgan fingerprint density at radius 2 is 1.97 bits per heavy atom. The molecule has 1 amide bonds. The molecule has 8 nitrogen and oxygen atoms in total. The van der Waals surface area contributed by atoms with Gasteiger partial charge in [-0.05, 0) is 32.4 Å². The number of amides is 1. The molecular formula is C21H22ClN7O. The van der Waals surface area contributed by atoms with Crippen molar-refractivity contribution in [1.82, 2.24) is 29.3 Å². The third-order valence-electron chi connectivity index (χ3n) is 4.76. The number of nitrogens with one attached hydrogen (secondary N) is 1. The summed E-state index contributed by atoms with van der Waals surface area (Å²) >= 11 is 6.19. The van der Waals surface area contributed by atoms with E-state index in [1.807, 2.05) is 19.9 Å². The van der Waals surface area contributed by atoms with Crippen LogP contribution in [0.15, 0.2) is 48.9 Å². The number of anilines is 1. The molecule has 0 saturated carbocycles. The van der Waals surface area contributed by atoms with E-state index in [1.165, 1.54) is 5.56 Å². The number of carbonyl (C=O) groups is 1. The van der Waals surface area contributed by atoms with Crippen LogP contribution in [0.5, 0.6) is 0 Å². The fraction of sp³-hybridized carbons (Fsp3) is 0.238. The molecule has 0 atom stereocenters. The lowest BCUT2D eigenvalue weighted by molar-refractivity contribution is 0.102. The summed E-state index contributed by atoms with van der Waals surface area (Å²) in [5.41, 5.74) is 4.91. The first-order valence-corrected chi connectivity index (χ1v) is 9.89. The van der Waals surface area contributed by atoms with Gasteiger partial charge >= 0.3 is 0 Å². The van der Waals surface area contributed by atoms with Crippen molar-refractivity contribution in [2.45, 2.75) is 34.0 Å². The molecule has 0 aliphatic rings. The topological polar surface area (TPSA) is 82.6 Å². The Hall–Kier alpha value is -3.39. The van der Waals surface area contributed by atoms with E-state index < -0.39 is 0 Å². The monoisotopic (exact) mass is 423 g/mol. The van der Waals surface area contributed by atoms with E-state index in [0.717, 1.165) is 17.0 Å². The van der Waals surface area contributed by atoms with Crippen molar-refractivity contribution in [3.63, 3.8) is 0 Å². The van der Waals surface area contributed by atoms with E-state index in [0.29, 0.717) is 29.6 Å². The minimum atomic E-state index is -0.296. The first-order chi connectivity index (χ1) is 14.4. The van der Waals surface area contributed by atoms with Crippen LogP contribution >= 0.6 is 11.6 Å². The van der Waals surface area contributed by atoms with Gasteiger partial charge < -0.3 is 5.32 Å². The third kappa shape index (κ3) is 4.28. The molecule has 0 bridgehead atoms. The predicted molar refractivity (Wildman–Crippen MR) is 115 cm³/mol. The Bertz CT molecular complexity index is 1200. The molecule has 4 aromatic rings. The maximum Gasteiger partial charge on any atom is 0.276 e. The van der Waals surface area contributed by atoms with E-state index in [-0.39, 0.29) is 5.91 Å². The number of aromatic nitrogens is 6. The number of nitrogens with zero attached hydrogens (tertiary/aromatic N) is 6. The number of rotatable bonds is 6. The molecule has 0 aliphatic carbocycles. The normalized spacial score (nSPS) is 11.1. The Morgan fingerprint density at radius 3 is 2.70 bits per heavy atom. The number of hydrogen-bond donors (Lipinski definition) is 1. The molecule has 1 N–H and O–H groups in total. The van der Waals surface area contributed by atoms with E-state index in [9.17, 15) is 4.79 Å². The lowest BCUT2D eigenvalue weighted by atomic mass is 10.1. The van der Waals surface area contributed by atoms with Crippen molar-refractivity contribution in [2.75, 3.05) is 5.32 Å². The first kappa shape index (κ1) is 19.9. The third-order valence-corrected chi connectivity index (χ3v) is 5.31. The lowest BCUT2D eigenvalue weighted by Crippen LogP contribution is -2.15. The second kappa shape index (κ2) is 8.16. The molecule has 0 unspecified atom stereocenters. The summed E-state index contributed by atoms with van der Waals surface area (Å²) < 4.78 is 5.18. The molecule has 0 spiro atoms. The van der Waals surface area contributed by atoms with Gasteiger partial charge in [-0.25, -0.2) is 4.68 Å². The van der Waals surface area contributed by atoms with Crippen LogP contribution in [0.3, 0.4) is 0 Å². The van der Waals surface area contributed by atoms with Crippen molar-refractivity contribution < 1.29 is 4.79 Å². The number of halogens is 1. The quantitative estimate of drug-likeness (QED) is 0.513. The highest BCUT2D eigenvalue weighted by molar-refractivity contribution is 6.31. The Kier molecular flexibility index (Phi) is 5.41. The van der Waals surface area contributed by atoms with Crippen molar-refractivity contribution in [3.05, 3.63) is 82.2 Å². The van der Waals surface area contributed by atoms with E-state index >= 15 is 0 Å². The number of aryl methyl sites for hydroxylation is 2. The maximum absolute atomic E-state index is 12.5. The number of carbonyl (C=O) groups excluding carboxylic acids is 1. The lowest BCUT2D eigenvalue weighted by Gasteiger charge is -2.04. The fourth-order valence-electron chi connectivity index (χ4n) is 3.22. The zero-order valence-electron chi connectivity index (χ0n) is 17.0. The van der Waals surface area contributed by atoms with Gasteiger partial charge in [0.1, 0.15) is 6.67 Å². The standard InChI is InChI=1S/C21H22ClN7O/c1-14-5-4-6-17(9-14)11-28-12-18(10-23-28)24-21(30)19-7-8-27(26-19)13-29-16(3)20(22)15(2)25-29/h4-10,12H,11,13H2,1-3H3,(H,24,30). The Labute approximate surface area is 179 Å². The zero-order valence-corrected chi connectivity index (χ0v) is 17.8. The smallest absolute Gasteiger partial charge is 0.276 e. The summed E-state index contributed by atoms with van der Waals surface area (Å²) in [5.74, 6) is -0.296. The molecule has 0 fully saturated rings. The van der Waals surface area contributed by atoms with Crippen LogP contribution in [0.2, 0.25) is 5.02 Å². The van der Waals surface area contributed by atoms with E-state index in [2.05, 4.69) is 45.7 Å². The van der Waals surface area contributed by atoms with Gasteiger partial charge in [0.25, 0.3) is 5.91 Å². The molecule has 0 radical (unpaired) electrons. The van der Waals surface area contributed by atoms with Gasteiger partial charge in [-0.1, -0.05) is 41.4 Å². The number of benzene rings is 1. The molecule has 3 aromatic heterocycles. The van der Waals surface area contributed by atoms with E-state index in [1.54, 1.807) is 38.7 Å². The van der Waals surface area contributed by atoms with Gasteiger partial charge in [-0.15, -0.1) is 0 Å². The van der Waals surface area contributed by atoms with Crippen LogP contribution in [0, 0.1) is 20.8 Å². The average molecular weight is 424 g/mol. The van der Waals surface area contributed by atoms with Gasteiger partial charge in [0.05, 0.1) is 34.8 Å². The fourth-order valence-corrected chi connectivity index (χ4v) is 3.35. The van der Waals surface area contributed by atoms with Crippen LogP contribution < -0.4 is 5.32 Å². The van der Waals surface area contributed by atoms with Crippen LogP contribution in [0.1, 0.15) is 33.0 Å². The molecule has 9 heteroatoms. The SMILES string of the molecule is Cc1cccc(Cn2cc(NC(=O)c3ccn(Cn4nc(C)c(Cl)c4C)n3)cn2)c1. The molecular weight excluding hydrogens is 402 g/mol. The van der Waals surface area contributed by atoms with Crippen LogP contribution in [0.4, 0.5) is 5.69 Å². The highest BCUT2D eigenvalue weighted by atomic mass is 35.5. The second-order valence-corrected chi connectivity index (χ2v) is 7.61.